The molecule has 0 aromatic heterocycles. The quantitative estimate of drug-likeness (QED) is 0.809. The van der Waals surface area contributed by atoms with Crippen LogP contribution in [0.4, 0.5) is 4.39 Å². The van der Waals surface area contributed by atoms with Gasteiger partial charge in [-0.05, 0) is 18.9 Å². The van der Waals surface area contributed by atoms with Gasteiger partial charge in [0.15, 0.2) is 0 Å². The van der Waals surface area contributed by atoms with Crippen molar-refractivity contribution in [3.05, 3.63) is 35.6 Å². The average molecular weight is 307 g/mol. The summed E-state index contributed by atoms with van der Waals surface area (Å²) in [7, 11) is 0. The lowest BCUT2D eigenvalue weighted by atomic mass is 9.94. The third-order valence-corrected chi connectivity index (χ3v) is 4.68. The molecule has 2 heterocycles. The standard InChI is InChI=1S/C16H18FNO4/c17-12-7-3-2-6-11(12)13-10-16(22-18-13)14(19)20-15(21-16)8-4-1-5-9-15/h2-3,6-7,13,18H,1,4-5,8-10H2/t13-,16?/m1/s1. The van der Waals surface area contributed by atoms with E-state index in [2.05, 4.69) is 5.48 Å². The molecule has 0 bridgehead atoms. The summed E-state index contributed by atoms with van der Waals surface area (Å²) in [5, 5.41) is 0. The smallest absolute Gasteiger partial charge is 0.371 e. The fourth-order valence-corrected chi connectivity index (χ4v) is 3.54. The first-order chi connectivity index (χ1) is 10.6. The zero-order valence-electron chi connectivity index (χ0n) is 12.1. The number of hydrogen-bond donors (Lipinski definition) is 1. The van der Waals surface area contributed by atoms with Crippen LogP contribution in [0, 0.1) is 5.82 Å². The first-order valence-electron chi connectivity index (χ1n) is 7.74. The van der Waals surface area contributed by atoms with E-state index >= 15 is 0 Å². The van der Waals surface area contributed by atoms with E-state index in [1.54, 1.807) is 18.2 Å². The normalized spacial score (nSPS) is 33.5. The Labute approximate surface area is 127 Å². The van der Waals surface area contributed by atoms with E-state index in [9.17, 15) is 9.18 Å². The Morgan fingerprint density at radius 2 is 1.95 bits per heavy atom. The minimum absolute atomic E-state index is 0.203. The molecule has 0 amide bonds. The number of carbonyl (C=O) groups excluding carboxylic acids is 1. The summed E-state index contributed by atoms with van der Waals surface area (Å²) in [5.41, 5.74) is 3.19. The summed E-state index contributed by atoms with van der Waals surface area (Å²) in [6, 6.07) is 6.00. The molecule has 2 saturated heterocycles. The molecule has 2 aliphatic heterocycles. The number of hydroxylamine groups is 1. The van der Waals surface area contributed by atoms with Crippen LogP contribution >= 0.6 is 0 Å². The van der Waals surface area contributed by atoms with Gasteiger partial charge in [-0.3, -0.25) is 9.57 Å². The Bertz CT molecular complexity index is 602. The van der Waals surface area contributed by atoms with Crippen molar-refractivity contribution >= 4 is 5.97 Å². The molecule has 2 atom stereocenters. The van der Waals surface area contributed by atoms with Gasteiger partial charge in [0.2, 0.25) is 5.79 Å². The van der Waals surface area contributed by atoms with Gasteiger partial charge in [0.05, 0.1) is 6.04 Å². The number of esters is 1. The molecule has 118 valence electrons. The first-order valence-corrected chi connectivity index (χ1v) is 7.74. The highest BCUT2D eigenvalue weighted by molar-refractivity contribution is 5.80. The minimum Gasteiger partial charge on any atom is -0.429 e. The summed E-state index contributed by atoms with van der Waals surface area (Å²) in [6.45, 7) is 0. The molecule has 1 unspecified atom stereocenters. The van der Waals surface area contributed by atoms with Crippen LogP contribution in [-0.4, -0.2) is 17.5 Å². The third-order valence-electron chi connectivity index (χ3n) is 4.68. The van der Waals surface area contributed by atoms with Gasteiger partial charge in [-0.1, -0.05) is 24.6 Å². The largest absolute Gasteiger partial charge is 0.429 e. The molecule has 6 heteroatoms. The number of halogens is 1. The van der Waals surface area contributed by atoms with Gasteiger partial charge in [0, 0.05) is 24.8 Å². The molecule has 1 aromatic carbocycles. The molecule has 4 rings (SSSR count). The van der Waals surface area contributed by atoms with E-state index in [4.69, 9.17) is 14.3 Å². The van der Waals surface area contributed by atoms with Gasteiger partial charge >= 0.3 is 5.97 Å². The second kappa shape index (κ2) is 5.01. The van der Waals surface area contributed by atoms with Gasteiger partial charge < -0.3 is 4.74 Å². The van der Waals surface area contributed by atoms with Crippen molar-refractivity contribution in [1.29, 1.82) is 0 Å². The molecule has 3 aliphatic rings. The third kappa shape index (κ3) is 2.14. The Hall–Kier alpha value is -1.50. The molecule has 3 fully saturated rings. The lowest BCUT2D eigenvalue weighted by Gasteiger charge is -2.31. The Morgan fingerprint density at radius 1 is 1.18 bits per heavy atom. The fourth-order valence-electron chi connectivity index (χ4n) is 3.54. The van der Waals surface area contributed by atoms with Crippen LogP contribution in [0.3, 0.4) is 0 Å². The topological polar surface area (TPSA) is 56.8 Å². The summed E-state index contributed by atoms with van der Waals surface area (Å²) in [5.74, 6) is -3.16. The van der Waals surface area contributed by atoms with E-state index < -0.39 is 23.6 Å². The molecule has 0 radical (unpaired) electrons. The van der Waals surface area contributed by atoms with Crippen LogP contribution in [-0.2, 0) is 19.1 Å². The lowest BCUT2D eigenvalue weighted by molar-refractivity contribution is -0.270. The summed E-state index contributed by atoms with van der Waals surface area (Å²) < 4.78 is 25.4. The van der Waals surface area contributed by atoms with Crippen molar-refractivity contribution < 1.29 is 23.5 Å². The summed E-state index contributed by atoms with van der Waals surface area (Å²) in [6.07, 6.45) is 4.63. The number of rotatable bonds is 1. The highest BCUT2D eigenvalue weighted by Gasteiger charge is 2.63. The molecular weight excluding hydrogens is 289 g/mol. The molecule has 1 aliphatic carbocycles. The van der Waals surface area contributed by atoms with Crippen molar-refractivity contribution in [1.82, 2.24) is 5.48 Å². The van der Waals surface area contributed by atoms with Crippen LogP contribution < -0.4 is 5.48 Å². The molecule has 22 heavy (non-hydrogen) atoms. The van der Waals surface area contributed by atoms with Crippen molar-refractivity contribution in [2.45, 2.75) is 56.1 Å². The van der Waals surface area contributed by atoms with Crippen molar-refractivity contribution in [2.24, 2.45) is 0 Å². The van der Waals surface area contributed by atoms with Crippen LogP contribution in [0.25, 0.3) is 0 Å². The molecule has 2 spiro atoms. The SMILES string of the molecule is O=C1OC2(CCCCC2)OC12C[C@H](c1ccccc1F)NO2. The number of carbonyl (C=O) groups is 1. The maximum absolute atomic E-state index is 13.9. The number of nitrogens with one attached hydrogen (secondary N) is 1. The van der Waals surface area contributed by atoms with Crippen LogP contribution in [0.1, 0.15) is 50.1 Å². The first kappa shape index (κ1) is 14.1. The molecule has 1 saturated carbocycles. The molecule has 5 nitrogen and oxygen atoms in total. The van der Waals surface area contributed by atoms with E-state index in [0.29, 0.717) is 18.4 Å². The van der Waals surface area contributed by atoms with Crippen molar-refractivity contribution in [2.75, 3.05) is 0 Å². The lowest BCUT2D eigenvalue weighted by Crippen LogP contribution is -2.39. The molecular formula is C16H18FNO4. The zero-order valence-corrected chi connectivity index (χ0v) is 12.1. The summed E-state index contributed by atoms with van der Waals surface area (Å²) in [4.78, 5) is 17.8. The van der Waals surface area contributed by atoms with Crippen LogP contribution in [0.2, 0.25) is 0 Å². The number of hydrogen-bond acceptors (Lipinski definition) is 5. The maximum atomic E-state index is 13.9. The van der Waals surface area contributed by atoms with Gasteiger partial charge in [0.25, 0.3) is 5.79 Å². The van der Waals surface area contributed by atoms with Crippen LogP contribution in [0.15, 0.2) is 24.3 Å². The van der Waals surface area contributed by atoms with Crippen LogP contribution in [0.5, 0.6) is 0 Å². The second-order valence-electron chi connectivity index (χ2n) is 6.21. The highest BCUT2D eigenvalue weighted by atomic mass is 19.1. The van der Waals surface area contributed by atoms with Gasteiger partial charge in [-0.2, -0.15) is 5.48 Å². The van der Waals surface area contributed by atoms with E-state index in [1.165, 1.54) is 6.07 Å². The maximum Gasteiger partial charge on any atom is 0.371 e. The van der Waals surface area contributed by atoms with E-state index in [1.807, 2.05) is 0 Å². The number of ether oxygens (including phenoxy) is 2. The average Bonchev–Trinajstić information content (AvgIpc) is 3.03. The second-order valence-corrected chi connectivity index (χ2v) is 6.21. The van der Waals surface area contributed by atoms with E-state index in [0.717, 1.165) is 19.3 Å². The summed E-state index contributed by atoms with van der Waals surface area (Å²) >= 11 is 0. The van der Waals surface area contributed by atoms with E-state index in [-0.39, 0.29) is 12.2 Å². The van der Waals surface area contributed by atoms with Gasteiger partial charge in [-0.25, -0.2) is 9.18 Å². The fraction of sp³-hybridized carbons (Fsp3) is 0.562. The Balaban J connectivity index is 1.56. The predicted molar refractivity (Wildman–Crippen MR) is 73.7 cm³/mol. The minimum atomic E-state index is -1.45. The van der Waals surface area contributed by atoms with Crippen molar-refractivity contribution in [3.63, 3.8) is 0 Å². The monoisotopic (exact) mass is 307 g/mol. The van der Waals surface area contributed by atoms with Gasteiger partial charge in [-0.15, -0.1) is 0 Å². The van der Waals surface area contributed by atoms with Crippen molar-refractivity contribution in [3.8, 4) is 0 Å². The Morgan fingerprint density at radius 3 is 2.73 bits per heavy atom. The number of benzene rings is 1. The molecule has 1 aromatic rings. The highest BCUT2D eigenvalue weighted by Crippen LogP contribution is 2.48. The Kier molecular flexibility index (Phi) is 3.21. The zero-order chi connectivity index (χ0) is 15.2. The molecule has 1 N–H and O–H groups in total. The predicted octanol–water partition coefficient (Wildman–Crippen LogP) is 2.72. The van der Waals surface area contributed by atoms with Gasteiger partial charge in [0.1, 0.15) is 5.82 Å².